The van der Waals surface area contributed by atoms with Crippen LogP contribution in [0.2, 0.25) is 0 Å². The Balaban J connectivity index is 3.60. The maximum Gasteiger partial charge on any atom is 0.0107 e. The summed E-state index contributed by atoms with van der Waals surface area (Å²) in [7, 11) is 0. The van der Waals surface area contributed by atoms with E-state index in [0.29, 0.717) is 0 Å². The molecular formula is C12H28N2. The minimum atomic E-state index is 0.254. The van der Waals surface area contributed by atoms with Gasteiger partial charge in [0.25, 0.3) is 0 Å². The van der Waals surface area contributed by atoms with Crippen LogP contribution >= 0.6 is 0 Å². The third kappa shape index (κ3) is 8.52. The van der Waals surface area contributed by atoms with E-state index < -0.39 is 0 Å². The lowest BCUT2D eigenvalue weighted by Gasteiger charge is -2.25. The van der Waals surface area contributed by atoms with Crippen LogP contribution in [0.3, 0.4) is 0 Å². The molecule has 0 aromatic rings. The first-order valence-corrected chi connectivity index (χ1v) is 5.97. The van der Waals surface area contributed by atoms with Gasteiger partial charge in [-0.2, -0.15) is 0 Å². The first-order chi connectivity index (χ1) is 6.49. The molecule has 1 N–H and O–H groups in total. The van der Waals surface area contributed by atoms with E-state index >= 15 is 0 Å². The predicted molar refractivity (Wildman–Crippen MR) is 64.8 cm³/mol. The van der Waals surface area contributed by atoms with Crippen LogP contribution < -0.4 is 5.32 Å². The molecule has 0 fully saturated rings. The second-order valence-corrected chi connectivity index (χ2v) is 5.02. The highest BCUT2D eigenvalue weighted by Crippen LogP contribution is 1.98. The molecule has 0 aliphatic heterocycles. The van der Waals surface area contributed by atoms with Crippen LogP contribution in [0.15, 0.2) is 0 Å². The van der Waals surface area contributed by atoms with Crippen molar-refractivity contribution in [1.82, 2.24) is 10.2 Å². The van der Waals surface area contributed by atoms with Gasteiger partial charge in [-0.1, -0.05) is 13.8 Å². The summed E-state index contributed by atoms with van der Waals surface area (Å²) in [4.78, 5) is 2.54. The fourth-order valence-corrected chi connectivity index (χ4v) is 1.56. The van der Waals surface area contributed by atoms with Crippen molar-refractivity contribution < 1.29 is 0 Å². The molecular weight excluding hydrogens is 172 g/mol. The van der Waals surface area contributed by atoms with Gasteiger partial charge in [-0.25, -0.2) is 0 Å². The monoisotopic (exact) mass is 200 g/mol. The summed E-state index contributed by atoms with van der Waals surface area (Å²) in [5.41, 5.74) is 0.254. The van der Waals surface area contributed by atoms with Crippen LogP contribution in [0.5, 0.6) is 0 Å². The second-order valence-electron chi connectivity index (χ2n) is 5.02. The molecule has 2 nitrogen and oxygen atoms in total. The van der Waals surface area contributed by atoms with Crippen LogP contribution in [-0.2, 0) is 0 Å². The molecule has 86 valence electrons. The highest BCUT2D eigenvalue weighted by molar-refractivity contribution is 4.71. The summed E-state index contributed by atoms with van der Waals surface area (Å²) in [5, 5.41) is 3.53. The standard InChI is InChI=1S/C12H28N2/c1-6-9-14(10-7-2)11-8-13-12(3,4)5/h13H,6-11H2,1-5H3. The fourth-order valence-electron chi connectivity index (χ4n) is 1.56. The van der Waals surface area contributed by atoms with E-state index in [0.717, 1.165) is 6.54 Å². The van der Waals surface area contributed by atoms with Gasteiger partial charge in [0, 0.05) is 18.6 Å². The molecule has 2 heteroatoms. The van der Waals surface area contributed by atoms with E-state index in [4.69, 9.17) is 0 Å². The highest BCUT2D eigenvalue weighted by Gasteiger charge is 2.09. The number of hydrogen-bond donors (Lipinski definition) is 1. The largest absolute Gasteiger partial charge is 0.311 e. The lowest BCUT2D eigenvalue weighted by atomic mass is 10.1. The van der Waals surface area contributed by atoms with Crippen molar-refractivity contribution in [3.05, 3.63) is 0 Å². The van der Waals surface area contributed by atoms with Crippen LogP contribution in [0, 0.1) is 0 Å². The molecule has 0 saturated heterocycles. The highest BCUT2D eigenvalue weighted by atomic mass is 15.1. The Morgan fingerprint density at radius 1 is 0.929 bits per heavy atom. The average molecular weight is 200 g/mol. The molecule has 0 spiro atoms. The molecule has 0 aliphatic carbocycles. The van der Waals surface area contributed by atoms with E-state index in [-0.39, 0.29) is 5.54 Å². The summed E-state index contributed by atoms with van der Waals surface area (Å²) in [6, 6.07) is 0. The molecule has 0 aromatic carbocycles. The van der Waals surface area contributed by atoms with Crippen molar-refractivity contribution in [1.29, 1.82) is 0 Å². The van der Waals surface area contributed by atoms with Gasteiger partial charge in [-0.3, -0.25) is 0 Å². The smallest absolute Gasteiger partial charge is 0.0107 e. The lowest BCUT2D eigenvalue weighted by Crippen LogP contribution is -2.41. The van der Waals surface area contributed by atoms with Crippen molar-refractivity contribution >= 4 is 0 Å². The molecule has 0 heterocycles. The Morgan fingerprint density at radius 3 is 1.79 bits per heavy atom. The summed E-state index contributed by atoms with van der Waals surface area (Å²) < 4.78 is 0. The maximum absolute atomic E-state index is 3.53. The molecule has 0 amide bonds. The summed E-state index contributed by atoms with van der Waals surface area (Å²) in [6.07, 6.45) is 2.52. The van der Waals surface area contributed by atoms with Gasteiger partial charge in [0.2, 0.25) is 0 Å². The Bertz CT molecular complexity index is 121. The Labute approximate surface area is 90.1 Å². The van der Waals surface area contributed by atoms with E-state index in [1.165, 1.54) is 32.5 Å². The maximum atomic E-state index is 3.53. The number of hydrogen-bond acceptors (Lipinski definition) is 2. The van der Waals surface area contributed by atoms with Crippen molar-refractivity contribution in [2.45, 2.75) is 53.0 Å². The van der Waals surface area contributed by atoms with E-state index in [9.17, 15) is 0 Å². The average Bonchev–Trinajstić information content (AvgIpc) is 2.02. The molecule has 0 atom stereocenters. The number of rotatable bonds is 7. The third-order valence-electron chi connectivity index (χ3n) is 2.16. The second kappa shape index (κ2) is 7.24. The number of nitrogens with zero attached hydrogens (tertiary/aromatic N) is 1. The Morgan fingerprint density at radius 2 is 1.43 bits per heavy atom. The summed E-state index contributed by atoms with van der Waals surface area (Å²) in [5.74, 6) is 0. The van der Waals surface area contributed by atoms with Crippen LogP contribution in [0.4, 0.5) is 0 Å². The zero-order valence-electron chi connectivity index (χ0n) is 10.7. The van der Waals surface area contributed by atoms with Gasteiger partial charge < -0.3 is 10.2 Å². The molecule has 0 unspecified atom stereocenters. The third-order valence-corrected chi connectivity index (χ3v) is 2.16. The van der Waals surface area contributed by atoms with E-state index in [1.807, 2.05) is 0 Å². The summed E-state index contributed by atoms with van der Waals surface area (Å²) >= 11 is 0. The fraction of sp³-hybridized carbons (Fsp3) is 1.00. The molecule has 0 aromatic heterocycles. The first kappa shape index (κ1) is 13.9. The van der Waals surface area contributed by atoms with E-state index in [1.54, 1.807) is 0 Å². The number of nitrogens with one attached hydrogen (secondary N) is 1. The molecule has 0 radical (unpaired) electrons. The molecule has 0 saturated carbocycles. The van der Waals surface area contributed by atoms with Crippen molar-refractivity contribution in [2.24, 2.45) is 0 Å². The van der Waals surface area contributed by atoms with Gasteiger partial charge >= 0.3 is 0 Å². The Kier molecular flexibility index (Phi) is 7.20. The van der Waals surface area contributed by atoms with Gasteiger partial charge in [0.15, 0.2) is 0 Å². The zero-order valence-corrected chi connectivity index (χ0v) is 10.7. The molecule has 0 rings (SSSR count). The first-order valence-electron chi connectivity index (χ1n) is 5.97. The van der Waals surface area contributed by atoms with Crippen molar-refractivity contribution in [2.75, 3.05) is 26.2 Å². The van der Waals surface area contributed by atoms with Gasteiger partial charge in [0.05, 0.1) is 0 Å². The van der Waals surface area contributed by atoms with Crippen molar-refractivity contribution in [3.63, 3.8) is 0 Å². The molecule has 14 heavy (non-hydrogen) atoms. The normalized spacial score (nSPS) is 12.4. The van der Waals surface area contributed by atoms with Gasteiger partial charge in [-0.15, -0.1) is 0 Å². The quantitative estimate of drug-likeness (QED) is 0.679. The van der Waals surface area contributed by atoms with E-state index in [2.05, 4.69) is 44.8 Å². The zero-order chi connectivity index (χ0) is 11.0. The molecule has 0 bridgehead atoms. The minimum absolute atomic E-state index is 0.254. The minimum Gasteiger partial charge on any atom is -0.311 e. The van der Waals surface area contributed by atoms with Crippen LogP contribution in [-0.4, -0.2) is 36.6 Å². The van der Waals surface area contributed by atoms with Gasteiger partial charge in [-0.05, 0) is 46.7 Å². The van der Waals surface area contributed by atoms with Crippen LogP contribution in [0.25, 0.3) is 0 Å². The van der Waals surface area contributed by atoms with Crippen molar-refractivity contribution in [3.8, 4) is 0 Å². The van der Waals surface area contributed by atoms with Crippen LogP contribution in [0.1, 0.15) is 47.5 Å². The predicted octanol–water partition coefficient (Wildman–Crippen LogP) is 2.50. The SMILES string of the molecule is CCCN(CCC)CCNC(C)(C)C. The summed E-state index contributed by atoms with van der Waals surface area (Å²) in [6.45, 7) is 15.9. The Hall–Kier alpha value is -0.0800. The topological polar surface area (TPSA) is 15.3 Å². The lowest BCUT2D eigenvalue weighted by molar-refractivity contribution is 0.262. The van der Waals surface area contributed by atoms with Gasteiger partial charge in [0.1, 0.15) is 0 Å². The molecule has 0 aliphatic rings.